The minimum Gasteiger partial charge on any atom is -0.349 e. The SMILES string of the molecule is CCCn1c(SCC(=O)N[C@@H](C)c2ccc(F)cc2)n[nH]c1=O. The molecule has 2 aromatic rings. The molecule has 0 aliphatic rings. The molecule has 6 nitrogen and oxygen atoms in total. The van der Waals surface area contributed by atoms with E-state index in [9.17, 15) is 14.0 Å². The molecule has 2 rings (SSSR count). The first-order valence-electron chi connectivity index (χ1n) is 7.34. The highest BCUT2D eigenvalue weighted by Crippen LogP contribution is 2.16. The lowest BCUT2D eigenvalue weighted by Crippen LogP contribution is -2.28. The summed E-state index contributed by atoms with van der Waals surface area (Å²) in [4.78, 5) is 23.6. The average Bonchev–Trinajstić information content (AvgIpc) is 2.87. The molecule has 0 fully saturated rings. The summed E-state index contributed by atoms with van der Waals surface area (Å²) in [7, 11) is 0. The van der Waals surface area contributed by atoms with Gasteiger partial charge < -0.3 is 5.32 Å². The van der Waals surface area contributed by atoms with Crippen molar-refractivity contribution in [3.8, 4) is 0 Å². The summed E-state index contributed by atoms with van der Waals surface area (Å²) in [6.07, 6.45) is 0.806. The maximum atomic E-state index is 12.9. The smallest absolute Gasteiger partial charge is 0.343 e. The normalized spacial score (nSPS) is 12.1. The van der Waals surface area contributed by atoms with Gasteiger partial charge in [0.25, 0.3) is 0 Å². The Morgan fingerprint density at radius 2 is 2.13 bits per heavy atom. The Balaban J connectivity index is 1.90. The molecular weight excluding hydrogens is 319 g/mol. The molecule has 2 N–H and O–H groups in total. The van der Waals surface area contributed by atoms with Crippen LogP contribution in [0.3, 0.4) is 0 Å². The van der Waals surface area contributed by atoms with Gasteiger partial charge in [0.05, 0.1) is 11.8 Å². The molecule has 8 heteroatoms. The van der Waals surface area contributed by atoms with Crippen molar-refractivity contribution in [3.05, 3.63) is 46.1 Å². The van der Waals surface area contributed by atoms with Crippen LogP contribution in [0.15, 0.2) is 34.2 Å². The molecular formula is C15H19FN4O2S. The lowest BCUT2D eigenvalue weighted by molar-refractivity contribution is -0.119. The molecule has 0 spiro atoms. The number of rotatable bonds is 7. The number of benzene rings is 1. The van der Waals surface area contributed by atoms with Gasteiger partial charge in [0, 0.05) is 6.54 Å². The fourth-order valence-electron chi connectivity index (χ4n) is 2.08. The van der Waals surface area contributed by atoms with Crippen molar-refractivity contribution in [3.63, 3.8) is 0 Å². The maximum Gasteiger partial charge on any atom is 0.343 e. The number of amides is 1. The number of halogens is 1. The first-order chi connectivity index (χ1) is 11.0. The zero-order valence-electron chi connectivity index (χ0n) is 13.0. The topological polar surface area (TPSA) is 79.8 Å². The van der Waals surface area contributed by atoms with Gasteiger partial charge in [-0.2, -0.15) is 0 Å². The number of carbonyl (C=O) groups is 1. The van der Waals surface area contributed by atoms with Crippen LogP contribution < -0.4 is 11.0 Å². The van der Waals surface area contributed by atoms with Crippen LogP contribution in [0.1, 0.15) is 31.9 Å². The molecule has 0 saturated carbocycles. The third-order valence-corrected chi connectivity index (χ3v) is 4.23. The van der Waals surface area contributed by atoms with Gasteiger partial charge in [-0.25, -0.2) is 14.3 Å². The van der Waals surface area contributed by atoms with Crippen molar-refractivity contribution in [1.82, 2.24) is 20.1 Å². The second-order valence-corrected chi connectivity index (χ2v) is 6.03. The Kier molecular flexibility index (Phi) is 5.97. The highest BCUT2D eigenvalue weighted by molar-refractivity contribution is 7.99. The Labute approximate surface area is 137 Å². The number of carbonyl (C=O) groups excluding carboxylic acids is 1. The molecule has 124 valence electrons. The zero-order valence-corrected chi connectivity index (χ0v) is 13.8. The predicted molar refractivity (Wildman–Crippen MR) is 86.8 cm³/mol. The van der Waals surface area contributed by atoms with Crippen LogP contribution in [0.2, 0.25) is 0 Å². The summed E-state index contributed by atoms with van der Waals surface area (Å²) in [5, 5.41) is 9.65. The number of aromatic nitrogens is 3. The third kappa shape index (κ3) is 4.69. The van der Waals surface area contributed by atoms with E-state index in [0.717, 1.165) is 12.0 Å². The van der Waals surface area contributed by atoms with E-state index in [4.69, 9.17) is 0 Å². The second-order valence-electron chi connectivity index (χ2n) is 5.09. The number of nitrogens with one attached hydrogen (secondary N) is 2. The van der Waals surface area contributed by atoms with E-state index < -0.39 is 0 Å². The number of aromatic amines is 1. The van der Waals surface area contributed by atoms with E-state index in [1.54, 1.807) is 12.1 Å². The highest BCUT2D eigenvalue weighted by Gasteiger charge is 2.13. The fourth-order valence-corrected chi connectivity index (χ4v) is 2.87. The van der Waals surface area contributed by atoms with Crippen molar-refractivity contribution >= 4 is 17.7 Å². The van der Waals surface area contributed by atoms with Gasteiger partial charge in [-0.15, -0.1) is 5.10 Å². The second kappa shape index (κ2) is 7.96. The van der Waals surface area contributed by atoms with Crippen molar-refractivity contribution in [2.75, 3.05) is 5.75 Å². The standard InChI is InChI=1S/C15H19FN4O2S/c1-3-8-20-14(22)18-19-15(20)23-9-13(21)17-10(2)11-4-6-12(16)7-5-11/h4-7,10H,3,8-9H2,1-2H3,(H,17,21)(H,18,22)/t10-/m0/s1. The molecule has 0 aliphatic heterocycles. The number of nitrogens with zero attached hydrogens (tertiary/aromatic N) is 2. The highest BCUT2D eigenvalue weighted by atomic mass is 32.2. The van der Waals surface area contributed by atoms with Crippen LogP contribution in [0, 0.1) is 5.82 Å². The largest absolute Gasteiger partial charge is 0.349 e. The summed E-state index contributed by atoms with van der Waals surface area (Å²) in [5.41, 5.74) is 0.557. The van der Waals surface area contributed by atoms with Crippen molar-refractivity contribution < 1.29 is 9.18 Å². The molecule has 0 aliphatic carbocycles. The molecule has 0 unspecified atom stereocenters. The van der Waals surface area contributed by atoms with Crippen LogP contribution in [0.5, 0.6) is 0 Å². The third-order valence-electron chi connectivity index (χ3n) is 3.25. The van der Waals surface area contributed by atoms with Gasteiger partial charge in [-0.1, -0.05) is 30.8 Å². The number of hydrogen-bond donors (Lipinski definition) is 2. The molecule has 1 aromatic heterocycles. The van der Waals surface area contributed by atoms with Crippen LogP contribution in [0.4, 0.5) is 4.39 Å². The van der Waals surface area contributed by atoms with Crippen LogP contribution in [0.25, 0.3) is 0 Å². The lowest BCUT2D eigenvalue weighted by Gasteiger charge is -2.14. The van der Waals surface area contributed by atoms with Crippen molar-refractivity contribution in [1.29, 1.82) is 0 Å². The van der Waals surface area contributed by atoms with Gasteiger partial charge in [-0.3, -0.25) is 9.36 Å². The number of H-pyrrole nitrogens is 1. The predicted octanol–water partition coefficient (Wildman–Crippen LogP) is 2.09. The Hall–Kier alpha value is -2.09. The summed E-state index contributed by atoms with van der Waals surface area (Å²) in [6.45, 7) is 4.35. The molecule has 1 atom stereocenters. The van der Waals surface area contributed by atoms with Gasteiger partial charge in [0.2, 0.25) is 5.91 Å². The Bertz CT molecular complexity index is 711. The lowest BCUT2D eigenvalue weighted by atomic mass is 10.1. The maximum absolute atomic E-state index is 12.9. The Morgan fingerprint density at radius 3 is 2.78 bits per heavy atom. The summed E-state index contributed by atoms with van der Waals surface area (Å²) in [6, 6.07) is 5.78. The first kappa shape index (κ1) is 17.3. The summed E-state index contributed by atoms with van der Waals surface area (Å²) in [5.74, 6) is -0.333. The van der Waals surface area contributed by atoms with Gasteiger partial charge in [0.15, 0.2) is 5.16 Å². The molecule has 1 amide bonds. The monoisotopic (exact) mass is 338 g/mol. The molecule has 0 bridgehead atoms. The zero-order chi connectivity index (χ0) is 16.8. The van der Waals surface area contributed by atoms with E-state index >= 15 is 0 Å². The van der Waals surface area contributed by atoms with E-state index in [0.29, 0.717) is 11.7 Å². The Morgan fingerprint density at radius 1 is 1.43 bits per heavy atom. The van der Waals surface area contributed by atoms with Crippen LogP contribution in [-0.4, -0.2) is 26.4 Å². The average molecular weight is 338 g/mol. The molecule has 0 saturated heterocycles. The molecule has 0 radical (unpaired) electrons. The minimum absolute atomic E-state index is 0.152. The van der Waals surface area contributed by atoms with E-state index in [-0.39, 0.29) is 29.2 Å². The van der Waals surface area contributed by atoms with Crippen LogP contribution >= 0.6 is 11.8 Å². The van der Waals surface area contributed by atoms with E-state index in [1.165, 1.54) is 28.5 Å². The fraction of sp³-hybridized carbons (Fsp3) is 0.400. The minimum atomic E-state index is -0.310. The molecule has 1 aromatic carbocycles. The van der Waals surface area contributed by atoms with E-state index in [2.05, 4.69) is 15.5 Å². The molecule has 23 heavy (non-hydrogen) atoms. The van der Waals surface area contributed by atoms with Crippen molar-refractivity contribution in [2.24, 2.45) is 0 Å². The van der Waals surface area contributed by atoms with Gasteiger partial charge in [-0.05, 0) is 31.0 Å². The van der Waals surface area contributed by atoms with Gasteiger partial charge >= 0.3 is 5.69 Å². The van der Waals surface area contributed by atoms with Gasteiger partial charge in [0.1, 0.15) is 5.82 Å². The number of hydrogen-bond acceptors (Lipinski definition) is 4. The quantitative estimate of drug-likeness (QED) is 0.758. The summed E-state index contributed by atoms with van der Waals surface area (Å²) >= 11 is 1.20. The number of thioether (sulfide) groups is 1. The van der Waals surface area contributed by atoms with Crippen LogP contribution in [-0.2, 0) is 11.3 Å². The van der Waals surface area contributed by atoms with E-state index in [1.807, 2.05) is 13.8 Å². The summed E-state index contributed by atoms with van der Waals surface area (Å²) < 4.78 is 14.4. The van der Waals surface area contributed by atoms with Crippen molar-refractivity contribution in [2.45, 2.75) is 38.0 Å². The molecule has 1 heterocycles. The first-order valence-corrected chi connectivity index (χ1v) is 8.32.